The number of nitrogens with zero attached hydrogens (tertiary/aromatic N) is 6. The number of piperidine rings is 1. The van der Waals surface area contributed by atoms with E-state index in [4.69, 9.17) is 4.74 Å². The topological polar surface area (TPSA) is 121 Å². The molecule has 6 rings (SSSR count). The highest BCUT2D eigenvalue weighted by atomic mass is 19.4. The molecule has 1 aromatic carbocycles. The van der Waals surface area contributed by atoms with Crippen LogP contribution in [0, 0.1) is 0 Å². The minimum Gasteiger partial charge on any atom is -0.390 e. The average molecular weight is 617 g/mol. The number of aliphatic hydroxyl groups is 1. The number of nitrogens with one attached hydrogen (secondary N) is 2. The number of aromatic nitrogens is 4. The maximum absolute atomic E-state index is 14.1. The van der Waals surface area contributed by atoms with E-state index >= 15 is 0 Å². The lowest BCUT2D eigenvalue weighted by atomic mass is 10.00. The van der Waals surface area contributed by atoms with Crippen molar-refractivity contribution in [2.24, 2.45) is 0 Å². The molecule has 1 amide bonds. The highest BCUT2D eigenvalue weighted by molar-refractivity contribution is 5.94. The number of ether oxygens (including phenoxy) is 1. The molecule has 2 aromatic heterocycles. The minimum atomic E-state index is -4.78. The van der Waals surface area contributed by atoms with Crippen molar-refractivity contribution in [2.45, 2.75) is 76.5 Å². The molecule has 14 heteroatoms. The van der Waals surface area contributed by atoms with Crippen molar-refractivity contribution in [1.29, 1.82) is 0 Å². The summed E-state index contributed by atoms with van der Waals surface area (Å²) in [4.78, 5) is 23.6. The lowest BCUT2D eigenvalue weighted by Gasteiger charge is -2.32. The number of alkyl halides is 3. The Morgan fingerprint density at radius 2 is 1.86 bits per heavy atom. The predicted molar refractivity (Wildman–Crippen MR) is 158 cm³/mol. The number of likely N-dealkylation sites (tertiary alicyclic amines) is 1. The number of hydrogen-bond donors (Lipinski definition) is 3. The summed E-state index contributed by atoms with van der Waals surface area (Å²) in [6.45, 7) is 5.06. The van der Waals surface area contributed by atoms with Crippen LogP contribution in [0.5, 0.6) is 0 Å². The number of anilines is 2. The van der Waals surface area contributed by atoms with Crippen molar-refractivity contribution < 1.29 is 27.8 Å². The first-order valence-electron chi connectivity index (χ1n) is 15.4. The van der Waals surface area contributed by atoms with Gasteiger partial charge in [-0.05, 0) is 49.7 Å². The van der Waals surface area contributed by atoms with Crippen LogP contribution in [0.1, 0.15) is 62.2 Å². The van der Waals surface area contributed by atoms with Crippen LogP contribution >= 0.6 is 0 Å². The van der Waals surface area contributed by atoms with Gasteiger partial charge in [-0.2, -0.15) is 13.2 Å². The Hall–Kier alpha value is -3.49. The summed E-state index contributed by atoms with van der Waals surface area (Å²) < 4.78 is 49.8. The summed E-state index contributed by atoms with van der Waals surface area (Å²) in [6, 6.07) is 8.06. The zero-order valence-electron chi connectivity index (χ0n) is 24.8. The fourth-order valence-corrected chi connectivity index (χ4v) is 6.33. The maximum atomic E-state index is 14.1. The molecule has 3 aliphatic heterocycles. The molecule has 11 nitrogen and oxygen atoms in total. The van der Waals surface area contributed by atoms with Gasteiger partial charge in [0.15, 0.2) is 17.9 Å². The standard InChI is InChI=1S/C30H39F3N8O3/c1-19(42)40-13-10-22(11-14-40)35-28-26-25(36-29(37-28)30(31,32)33)27(38-41(26)24-8-4-5-15-44-24)34-16-23(43)18-39-12-9-20-6-2-3-7-21(20)17-39/h2-3,6-7,22-24,43H,4-5,8-18H2,1H3,(H,34,38)(H,35,36,37)/t23?,24-/m0/s1. The third-order valence-electron chi connectivity index (χ3n) is 8.69. The SMILES string of the molecule is CC(=O)N1CCC(Nc2nc(C(F)(F)F)nc3c(NCC(O)CN4CCc5ccccc5C4)nn([C@@H]4CCCCO4)c23)CC1. The number of benzene rings is 1. The van der Waals surface area contributed by atoms with E-state index in [0.717, 1.165) is 32.4 Å². The summed E-state index contributed by atoms with van der Waals surface area (Å²) in [5, 5.41) is 21.9. The van der Waals surface area contributed by atoms with Gasteiger partial charge in [-0.1, -0.05) is 24.3 Å². The predicted octanol–water partition coefficient (Wildman–Crippen LogP) is 3.80. The van der Waals surface area contributed by atoms with E-state index in [2.05, 4.69) is 42.7 Å². The smallest absolute Gasteiger partial charge is 0.390 e. The molecule has 2 atom stereocenters. The maximum Gasteiger partial charge on any atom is 0.451 e. The van der Waals surface area contributed by atoms with Crippen molar-refractivity contribution in [3.05, 3.63) is 41.2 Å². The zero-order valence-corrected chi connectivity index (χ0v) is 24.8. The molecule has 0 radical (unpaired) electrons. The van der Waals surface area contributed by atoms with E-state index in [0.29, 0.717) is 51.0 Å². The molecule has 0 bridgehead atoms. The number of carbonyl (C=O) groups excluding carboxylic acids is 1. The van der Waals surface area contributed by atoms with Gasteiger partial charge >= 0.3 is 6.18 Å². The van der Waals surface area contributed by atoms with Crippen LogP contribution in [0.2, 0.25) is 0 Å². The number of carbonyl (C=O) groups is 1. The average Bonchev–Trinajstić information content (AvgIpc) is 3.39. The molecule has 0 spiro atoms. The van der Waals surface area contributed by atoms with Crippen LogP contribution in [-0.4, -0.2) is 92.0 Å². The molecule has 44 heavy (non-hydrogen) atoms. The molecular weight excluding hydrogens is 577 g/mol. The van der Waals surface area contributed by atoms with Gasteiger partial charge in [0.2, 0.25) is 11.7 Å². The van der Waals surface area contributed by atoms with E-state index in [1.807, 2.05) is 12.1 Å². The monoisotopic (exact) mass is 616 g/mol. The van der Waals surface area contributed by atoms with Crippen molar-refractivity contribution >= 4 is 28.6 Å². The molecule has 3 N–H and O–H groups in total. The zero-order chi connectivity index (χ0) is 30.8. The lowest BCUT2D eigenvalue weighted by molar-refractivity contribution is -0.144. The summed E-state index contributed by atoms with van der Waals surface area (Å²) >= 11 is 0. The molecular formula is C30H39F3N8O3. The van der Waals surface area contributed by atoms with Crippen LogP contribution in [0.4, 0.5) is 24.8 Å². The normalized spacial score (nSPS) is 20.8. The van der Waals surface area contributed by atoms with Crippen LogP contribution in [0.3, 0.4) is 0 Å². The third-order valence-corrected chi connectivity index (χ3v) is 8.69. The quantitative estimate of drug-likeness (QED) is 0.347. The summed E-state index contributed by atoms with van der Waals surface area (Å²) in [7, 11) is 0. The molecule has 1 unspecified atom stereocenters. The first kappa shape index (κ1) is 30.5. The van der Waals surface area contributed by atoms with Crippen LogP contribution in [0.15, 0.2) is 24.3 Å². The van der Waals surface area contributed by atoms with Crippen molar-refractivity contribution in [3.8, 4) is 0 Å². The molecule has 3 aliphatic rings. The van der Waals surface area contributed by atoms with Gasteiger partial charge in [0.05, 0.1) is 6.10 Å². The lowest BCUT2D eigenvalue weighted by Crippen LogP contribution is -2.41. The number of fused-ring (bicyclic) bond motifs is 2. The second-order valence-electron chi connectivity index (χ2n) is 11.9. The summed E-state index contributed by atoms with van der Waals surface area (Å²) in [5.74, 6) is -1.12. The number of amides is 1. The summed E-state index contributed by atoms with van der Waals surface area (Å²) in [5.41, 5.74) is 2.89. The molecule has 3 aromatic rings. The van der Waals surface area contributed by atoms with Crippen LogP contribution in [-0.2, 0) is 28.7 Å². The Morgan fingerprint density at radius 1 is 1.09 bits per heavy atom. The molecule has 2 saturated heterocycles. The molecule has 5 heterocycles. The highest BCUT2D eigenvalue weighted by Gasteiger charge is 2.38. The Morgan fingerprint density at radius 3 is 2.57 bits per heavy atom. The van der Waals surface area contributed by atoms with Crippen LogP contribution in [0.25, 0.3) is 11.0 Å². The first-order valence-corrected chi connectivity index (χ1v) is 15.4. The van der Waals surface area contributed by atoms with E-state index in [1.165, 1.54) is 18.1 Å². The first-order chi connectivity index (χ1) is 21.2. The van der Waals surface area contributed by atoms with E-state index < -0.39 is 24.3 Å². The number of halogens is 3. The molecule has 2 fully saturated rings. The molecule has 0 saturated carbocycles. The largest absolute Gasteiger partial charge is 0.451 e. The Bertz CT molecular complexity index is 1470. The van der Waals surface area contributed by atoms with Crippen LogP contribution < -0.4 is 10.6 Å². The number of hydrogen-bond acceptors (Lipinski definition) is 9. The summed E-state index contributed by atoms with van der Waals surface area (Å²) in [6.07, 6.45) is -1.60. The van der Waals surface area contributed by atoms with E-state index in [1.54, 1.807) is 9.58 Å². The Kier molecular flexibility index (Phi) is 8.92. The number of β-amino-alcohol motifs (C(OH)–C–C–N with tert-alkyl or cyclic N) is 1. The van der Waals surface area contributed by atoms with Gasteiger partial charge in [0, 0.05) is 58.8 Å². The minimum absolute atomic E-state index is 0.0178. The Labute approximate surface area is 253 Å². The van der Waals surface area contributed by atoms with Gasteiger partial charge in [-0.3, -0.25) is 9.69 Å². The highest BCUT2D eigenvalue weighted by Crippen LogP contribution is 2.37. The second-order valence-corrected chi connectivity index (χ2v) is 11.9. The fraction of sp³-hybridized carbons (Fsp3) is 0.600. The van der Waals surface area contributed by atoms with Crippen molar-refractivity contribution in [1.82, 2.24) is 29.5 Å². The van der Waals surface area contributed by atoms with Gasteiger partial charge in [-0.15, -0.1) is 5.10 Å². The fourth-order valence-electron chi connectivity index (χ4n) is 6.33. The molecule has 238 valence electrons. The van der Waals surface area contributed by atoms with Crippen molar-refractivity contribution in [2.75, 3.05) is 50.0 Å². The van der Waals surface area contributed by atoms with Gasteiger partial charge in [0.1, 0.15) is 11.0 Å². The molecule has 0 aliphatic carbocycles. The second kappa shape index (κ2) is 12.9. The van der Waals surface area contributed by atoms with Crippen molar-refractivity contribution in [3.63, 3.8) is 0 Å². The number of rotatable bonds is 8. The van der Waals surface area contributed by atoms with Gasteiger partial charge in [0.25, 0.3) is 0 Å². The third kappa shape index (κ3) is 6.76. The number of aliphatic hydroxyl groups excluding tert-OH is 1. The van der Waals surface area contributed by atoms with Gasteiger partial charge < -0.3 is 25.4 Å². The van der Waals surface area contributed by atoms with E-state index in [-0.39, 0.29) is 35.6 Å². The Balaban J connectivity index is 1.27. The van der Waals surface area contributed by atoms with E-state index in [9.17, 15) is 23.1 Å². The van der Waals surface area contributed by atoms with Gasteiger partial charge in [-0.25, -0.2) is 14.6 Å².